The maximum atomic E-state index is 12.2. The van der Waals surface area contributed by atoms with Crippen molar-refractivity contribution in [2.45, 2.75) is 12.5 Å². The second-order valence-corrected chi connectivity index (χ2v) is 6.13. The van der Waals surface area contributed by atoms with Crippen molar-refractivity contribution in [3.05, 3.63) is 60.4 Å². The third kappa shape index (κ3) is 5.54. The molecule has 6 heteroatoms. The summed E-state index contributed by atoms with van der Waals surface area (Å²) in [4.78, 5) is 19.0. The molecule has 138 valence electrons. The number of morpholine rings is 1. The van der Waals surface area contributed by atoms with Crippen LogP contribution in [0.5, 0.6) is 5.75 Å². The summed E-state index contributed by atoms with van der Waals surface area (Å²) in [7, 11) is 0. The third-order valence-corrected chi connectivity index (χ3v) is 4.35. The van der Waals surface area contributed by atoms with Gasteiger partial charge in [0, 0.05) is 25.8 Å². The maximum absolute atomic E-state index is 12.2. The van der Waals surface area contributed by atoms with Crippen LogP contribution in [0.15, 0.2) is 54.7 Å². The van der Waals surface area contributed by atoms with Crippen LogP contribution in [0, 0.1) is 0 Å². The Morgan fingerprint density at radius 1 is 1.15 bits per heavy atom. The van der Waals surface area contributed by atoms with Gasteiger partial charge in [-0.1, -0.05) is 24.3 Å². The molecule has 6 nitrogen and oxygen atoms in total. The van der Waals surface area contributed by atoms with Crippen LogP contribution in [-0.2, 0) is 9.53 Å². The molecule has 0 bridgehead atoms. The van der Waals surface area contributed by atoms with E-state index in [1.54, 1.807) is 6.20 Å². The molecule has 1 amide bonds. The highest BCUT2D eigenvalue weighted by Gasteiger charge is 2.24. The van der Waals surface area contributed by atoms with E-state index in [2.05, 4.69) is 15.2 Å². The topological polar surface area (TPSA) is 63.7 Å². The van der Waals surface area contributed by atoms with Crippen LogP contribution >= 0.6 is 0 Å². The fraction of sp³-hybridized carbons (Fsp3) is 0.400. The van der Waals surface area contributed by atoms with E-state index in [4.69, 9.17) is 9.47 Å². The molecule has 1 aliphatic rings. The highest BCUT2D eigenvalue weighted by molar-refractivity contribution is 5.76. The van der Waals surface area contributed by atoms with E-state index in [-0.39, 0.29) is 11.9 Å². The van der Waals surface area contributed by atoms with Crippen LogP contribution < -0.4 is 10.1 Å². The van der Waals surface area contributed by atoms with Crippen molar-refractivity contribution in [3.8, 4) is 5.75 Å². The lowest BCUT2D eigenvalue weighted by atomic mass is 10.1. The Morgan fingerprint density at radius 2 is 1.92 bits per heavy atom. The first-order chi connectivity index (χ1) is 12.8. The molecule has 2 heterocycles. The van der Waals surface area contributed by atoms with Crippen LogP contribution in [0.2, 0.25) is 0 Å². The first-order valence-electron chi connectivity index (χ1n) is 9.00. The van der Waals surface area contributed by atoms with Crippen molar-refractivity contribution in [1.82, 2.24) is 15.2 Å². The second kappa shape index (κ2) is 9.89. The summed E-state index contributed by atoms with van der Waals surface area (Å²) in [6, 6.07) is 15.5. The molecule has 0 spiro atoms. The largest absolute Gasteiger partial charge is 0.493 e. The van der Waals surface area contributed by atoms with Gasteiger partial charge in [-0.15, -0.1) is 0 Å². The van der Waals surface area contributed by atoms with Gasteiger partial charge in [-0.05, 0) is 24.3 Å². The predicted molar refractivity (Wildman–Crippen MR) is 98.9 cm³/mol. The molecule has 26 heavy (non-hydrogen) atoms. The minimum Gasteiger partial charge on any atom is -0.493 e. The molecular weight excluding hydrogens is 330 g/mol. The number of amides is 1. The van der Waals surface area contributed by atoms with Crippen LogP contribution in [-0.4, -0.2) is 55.2 Å². The normalized spacial score (nSPS) is 16.0. The lowest BCUT2D eigenvalue weighted by Crippen LogP contribution is -2.44. The van der Waals surface area contributed by atoms with Crippen molar-refractivity contribution in [3.63, 3.8) is 0 Å². The Bertz CT molecular complexity index is 661. The summed E-state index contributed by atoms with van der Waals surface area (Å²) < 4.78 is 11.0. The second-order valence-electron chi connectivity index (χ2n) is 6.13. The van der Waals surface area contributed by atoms with Gasteiger partial charge in [0.1, 0.15) is 5.75 Å². The summed E-state index contributed by atoms with van der Waals surface area (Å²) in [6.07, 6.45) is 2.12. The Kier molecular flexibility index (Phi) is 6.98. The smallest absolute Gasteiger partial charge is 0.223 e. The number of hydrogen-bond acceptors (Lipinski definition) is 5. The quantitative estimate of drug-likeness (QED) is 0.785. The predicted octanol–water partition coefficient (Wildman–Crippen LogP) is 2.04. The monoisotopic (exact) mass is 355 g/mol. The van der Waals surface area contributed by atoms with Crippen molar-refractivity contribution < 1.29 is 14.3 Å². The van der Waals surface area contributed by atoms with Crippen LogP contribution in [0.1, 0.15) is 18.2 Å². The molecule has 1 fully saturated rings. The molecule has 1 aromatic heterocycles. The minimum atomic E-state index is -0.0184. The zero-order valence-electron chi connectivity index (χ0n) is 14.8. The minimum absolute atomic E-state index is 0.0184. The number of carbonyl (C=O) groups excluding carboxylic acids is 1. The van der Waals surface area contributed by atoms with Gasteiger partial charge >= 0.3 is 0 Å². The fourth-order valence-electron chi connectivity index (χ4n) is 2.96. The number of aromatic nitrogens is 1. The summed E-state index contributed by atoms with van der Waals surface area (Å²) in [5, 5.41) is 3.02. The SMILES string of the molecule is O=C(CCOc1ccccc1)NC[C@H](c1ccccn1)N1CCOCC1. The first kappa shape index (κ1) is 18.4. The number of para-hydroxylation sites is 1. The molecule has 0 aliphatic carbocycles. The number of pyridine rings is 1. The number of hydrogen-bond donors (Lipinski definition) is 1. The molecular formula is C20H25N3O3. The van der Waals surface area contributed by atoms with E-state index >= 15 is 0 Å². The van der Waals surface area contributed by atoms with Crippen LogP contribution in [0.25, 0.3) is 0 Å². The number of rotatable bonds is 8. The molecule has 1 aromatic carbocycles. The maximum Gasteiger partial charge on any atom is 0.223 e. The third-order valence-electron chi connectivity index (χ3n) is 4.35. The van der Waals surface area contributed by atoms with Gasteiger partial charge in [-0.25, -0.2) is 0 Å². The molecule has 3 rings (SSSR count). The Balaban J connectivity index is 1.49. The van der Waals surface area contributed by atoms with Gasteiger partial charge in [-0.3, -0.25) is 14.7 Å². The summed E-state index contributed by atoms with van der Waals surface area (Å²) in [5.41, 5.74) is 0.968. The van der Waals surface area contributed by atoms with Gasteiger partial charge in [0.2, 0.25) is 5.91 Å². The number of ether oxygens (including phenoxy) is 2. The van der Waals surface area contributed by atoms with Gasteiger partial charge in [0.05, 0.1) is 38.0 Å². The van der Waals surface area contributed by atoms with Crippen molar-refractivity contribution in [2.24, 2.45) is 0 Å². The number of nitrogens with zero attached hydrogens (tertiary/aromatic N) is 2. The summed E-state index contributed by atoms with van der Waals surface area (Å²) in [5.74, 6) is 0.759. The van der Waals surface area contributed by atoms with Crippen LogP contribution in [0.3, 0.4) is 0 Å². The molecule has 1 saturated heterocycles. The van der Waals surface area contributed by atoms with E-state index in [1.807, 2.05) is 48.5 Å². The van der Waals surface area contributed by atoms with E-state index in [1.165, 1.54) is 0 Å². The van der Waals surface area contributed by atoms with Gasteiger partial charge in [0.25, 0.3) is 0 Å². The molecule has 0 saturated carbocycles. The lowest BCUT2D eigenvalue weighted by molar-refractivity contribution is -0.121. The molecule has 1 aliphatic heterocycles. The number of carbonyl (C=O) groups is 1. The molecule has 0 unspecified atom stereocenters. The van der Waals surface area contributed by atoms with E-state index in [0.29, 0.717) is 32.8 Å². The Labute approximate surface area is 154 Å². The van der Waals surface area contributed by atoms with Crippen molar-refractivity contribution in [1.29, 1.82) is 0 Å². The zero-order chi connectivity index (χ0) is 18.0. The number of benzene rings is 1. The Hall–Kier alpha value is -2.44. The van der Waals surface area contributed by atoms with Gasteiger partial charge in [0.15, 0.2) is 0 Å². The van der Waals surface area contributed by atoms with Crippen molar-refractivity contribution >= 4 is 5.91 Å². The average Bonchev–Trinajstić information content (AvgIpc) is 2.71. The highest BCUT2D eigenvalue weighted by atomic mass is 16.5. The molecule has 0 radical (unpaired) electrons. The van der Waals surface area contributed by atoms with E-state index < -0.39 is 0 Å². The average molecular weight is 355 g/mol. The lowest BCUT2D eigenvalue weighted by Gasteiger charge is -2.34. The van der Waals surface area contributed by atoms with Gasteiger partial charge in [-0.2, -0.15) is 0 Å². The zero-order valence-corrected chi connectivity index (χ0v) is 14.8. The molecule has 1 N–H and O–H groups in total. The van der Waals surface area contributed by atoms with E-state index in [9.17, 15) is 4.79 Å². The van der Waals surface area contributed by atoms with Crippen molar-refractivity contribution in [2.75, 3.05) is 39.5 Å². The first-order valence-corrected chi connectivity index (χ1v) is 9.00. The molecule has 2 aromatic rings. The van der Waals surface area contributed by atoms with Gasteiger partial charge < -0.3 is 14.8 Å². The summed E-state index contributed by atoms with van der Waals surface area (Å²) >= 11 is 0. The standard InChI is InChI=1S/C20H25N3O3/c24-20(9-13-26-17-6-2-1-3-7-17)22-16-19(18-8-4-5-10-21-18)23-11-14-25-15-12-23/h1-8,10,19H,9,11-16H2,(H,22,24)/t19-/m1/s1. The summed E-state index contributed by atoms with van der Waals surface area (Å²) in [6.45, 7) is 4.00. The number of nitrogens with one attached hydrogen (secondary N) is 1. The van der Waals surface area contributed by atoms with Crippen LogP contribution in [0.4, 0.5) is 0 Å². The fourth-order valence-corrected chi connectivity index (χ4v) is 2.96. The van der Waals surface area contributed by atoms with E-state index in [0.717, 1.165) is 24.5 Å². The molecule has 1 atom stereocenters. The Morgan fingerprint density at radius 3 is 2.65 bits per heavy atom. The highest BCUT2D eigenvalue weighted by Crippen LogP contribution is 2.19.